The second kappa shape index (κ2) is 11.5. The van der Waals surface area contributed by atoms with Gasteiger partial charge in [0, 0.05) is 34.5 Å². The number of H-pyrrole nitrogens is 1. The van der Waals surface area contributed by atoms with Gasteiger partial charge in [0.1, 0.15) is 11.6 Å². The van der Waals surface area contributed by atoms with Gasteiger partial charge in [-0.1, -0.05) is 19.3 Å². The molecule has 0 radical (unpaired) electrons. The van der Waals surface area contributed by atoms with Crippen molar-refractivity contribution in [3.8, 4) is 11.5 Å². The van der Waals surface area contributed by atoms with Gasteiger partial charge in [-0.15, -0.1) is 0 Å². The zero-order valence-corrected chi connectivity index (χ0v) is 21.3. The lowest BCUT2D eigenvalue weighted by Gasteiger charge is -2.25. The highest BCUT2D eigenvalue weighted by Crippen LogP contribution is 2.35. The molecule has 1 fully saturated rings. The molecule has 3 aromatic rings. The molecule has 0 unspecified atom stereocenters. The van der Waals surface area contributed by atoms with Gasteiger partial charge in [-0.25, -0.2) is 9.37 Å². The first-order chi connectivity index (χ1) is 17.4. The number of nitrogen functional groups attached to an aromatic ring is 1. The summed E-state index contributed by atoms with van der Waals surface area (Å²) in [6.45, 7) is 6.30. The molecule has 1 saturated carbocycles. The fourth-order valence-electron chi connectivity index (χ4n) is 4.69. The number of nitrogens with two attached hydrogens (primary N) is 1. The Labute approximate surface area is 212 Å². The summed E-state index contributed by atoms with van der Waals surface area (Å²) in [5.41, 5.74) is 8.63. The number of nitrogens with zero attached hydrogens (tertiary/aromatic N) is 2. The van der Waals surface area contributed by atoms with Gasteiger partial charge in [-0.2, -0.15) is 0 Å². The number of aromatic amines is 1. The van der Waals surface area contributed by atoms with Gasteiger partial charge in [0.2, 0.25) is 5.95 Å². The van der Waals surface area contributed by atoms with Gasteiger partial charge < -0.3 is 25.1 Å². The first-order valence-electron chi connectivity index (χ1n) is 12.7. The number of imidazole rings is 1. The van der Waals surface area contributed by atoms with Crippen LogP contribution in [0.25, 0.3) is 0 Å². The van der Waals surface area contributed by atoms with E-state index < -0.39 is 5.82 Å². The van der Waals surface area contributed by atoms with Crippen LogP contribution in [0.4, 0.5) is 16.0 Å². The highest BCUT2D eigenvalue weighted by molar-refractivity contribution is 5.95. The molecule has 1 aromatic heterocycles. The van der Waals surface area contributed by atoms with Crippen molar-refractivity contribution in [1.82, 2.24) is 9.97 Å². The topological polar surface area (TPSA) is 100 Å². The third-order valence-corrected chi connectivity index (χ3v) is 6.46. The maximum Gasteiger partial charge on any atom is 0.207 e. The van der Waals surface area contributed by atoms with Crippen molar-refractivity contribution in [2.75, 3.05) is 11.5 Å². The number of ether oxygens (including phenoxy) is 2. The second-order valence-corrected chi connectivity index (χ2v) is 9.54. The number of hydrogen-bond donors (Lipinski definition) is 3. The molecule has 0 saturated heterocycles. The minimum atomic E-state index is -0.420. The predicted octanol–water partition coefficient (Wildman–Crippen LogP) is 6.40. The van der Waals surface area contributed by atoms with E-state index in [0.29, 0.717) is 35.3 Å². The van der Waals surface area contributed by atoms with Gasteiger partial charge in [0.15, 0.2) is 11.6 Å². The molecule has 0 spiro atoms. The zero-order chi connectivity index (χ0) is 25.7. The zero-order valence-electron chi connectivity index (χ0n) is 21.3. The van der Waals surface area contributed by atoms with Gasteiger partial charge >= 0.3 is 0 Å². The Balaban J connectivity index is 1.73. The fourth-order valence-corrected chi connectivity index (χ4v) is 4.69. The Morgan fingerprint density at radius 3 is 2.56 bits per heavy atom. The lowest BCUT2D eigenvalue weighted by Crippen LogP contribution is -2.20. The largest absolute Gasteiger partial charge is 0.494 e. The maximum atomic E-state index is 15.6. The molecule has 7 nitrogen and oxygen atoms in total. The van der Waals surface area contributed by atoms with Crippen LogP contribution in [0.5, 0.6) is 11.5 Å². The van der Waals surface area contributed by atoms with E-state index in [4.69, 9.17) is 25.6 Å². The van der Waals surface area contributed by atoms with E-state index in [1.807, 2.05) is 44.0 Å². The number of aromatic nitrogens is 2. The van der Waals surface area contributed by atoms with Gasteiger partial charge in [-0.3, -0.25) is 5.41 Å². The number of halogens is 1. The summed E-state index contributed by atoms with van der Waals surface area (Å²) < 4.78 is 27.1. The highest BCUT2D eigenvalue weighted by atomic mass is 19.1. The van der Waals surface area contributed by atoms with Crippen LogP contribution >= 0.6 is 0 Å². The molecule has 2 aromatic carbocycles. The average Bonchev–Trinajstić information content (AvgIpc) is 3.35. The molecule has 1 heterocycles. The van der Waals surface area contributed by atoms with Crippen LogP contribution in [0.1, 0.15) is 75.6 Å². The van der Waals surface area contributed by atoms with E-state index in [9.17, 15) is 0 Å². The van der Waals surface area contributed by atoms with Crippen LogP contribution in [-0.2, 0) is 6.54 Å². The summed E-state index contributed by atoms with van der Waals surface area (Å²) in [7, 11) is 0. The summed E-state index contributed by atoms with van der Waals surface area (Å²) in [4.78, 5) is 10.1. The van der Waals surface area contributed by atoms with E-state index in [-0.39, 0.29) is 24.2 Å². The number of rotatable bonds is 10. The normalized spacial score (nSPS) is 14.1. The van der Waals surface area contributed by atoms with Gasteiger partial charge in [0.05, 0.1) is 25.5 Å². The van der Waals surface area contributed by atoms with Crippen LogP contribution in [0.2, 0.25) is 0 Å². The summed E-state index contributed by atoms with van der Waals surface area (Å²) >= 11 is 0. The van der Waals surface area contributed by atoms with E-state index >= 15 is 4.39 Å². The summed E-state index contributed by atoms with van der Waals surface area (Å²) in [5, 5.41) is 7.71. The van der Waals surface area contributed by atoms with Gasteiger partial charge in [-0.05, 0) is 63.9 Å². The SMILES string of the molecule is CCOc1cc(CN(c2ccc(C(=N)N)cc2)c2ncc(C3CCCCC3)[nH]2)c(F)c(OC(C)C)c1. The maximum absolute atomic E-state index is 15.6. The Hall–Kier alpha value is -3.55. The summed E-state index contributed by atoms with van der Waals surface area (Å²) in [5.74, 6) is 1.40. The molecular weight excluding hydrogens is 457 g/mol. The molecule has 8 heteroatoms. The third kappa shape index (κ3) is 5.98. The van der Waals surface area contributed by atoms with Crippen LogP contribution in [0.15, 0.2) is 42.6 Å². The second-order valence-electron chi connectivity index (χ2n) is 9.54. The van der Waals surface area contributed by atoms with Crippen molar-refractivity contribution in [3.63, 3.8) is 0 Å². The van der Waals surface area contributed by atoms with Gasteiger partial charge in [0.25, 0.3) is 0 Å². The average molecular weight is 494 g/mol. The van der Waals surface area contributed by atoms with Crippen molar-refractivity contribution in [1.29, 1.82) is 5.41 Å². The monoisotopic (exact) mass is 493 g/mol. The van der Waals surface area contributed by atoms with E-state index in [1.165, 1.54) is 19.3 Å². The molecule has 0 bridgehead atoms. The molecule has 4 N–H and O–H groups in total. The Morgan fingerprint density at radius 2 is 1.92 bits per heavy atom. The van der Waals surface area contributed by atoms with Crippen LogP contribution in [-0.4, -0.2) is 28.5 Å². The number of hydrogen-bond acceptors (Lipinski definition) is 5. The molecule has 1 aliphatic rings. The smallest absolute Gasteiger partial charge is 0.207 e. The fraction of sp³-hybridized carbons (Fsp3) is 0.429. The van der Waals surface area contributed by atoms with Crippen molar-refractivity contribution in [2.45, 2.75) is 71.4 Å². The Morgan fingerprint density at radius 1 is 1.19 bits per heavy atom. The summed E-state index contributed by atoms with van der Waals surface area (Å²) in [6.07, 6.45) is 7.76. The third-order valence-electron chi connectivity index (χ3n) is 6.46. The minimum Gasteiger partial charge on any atom is -0.494 e. The van der Waals surface area contributed by atoms with Crippen molar-refractivity contribution < 1.29 is 13.9 Å². The minimum absolute atomic E-state index is 0.00313. The molecule has 192 valence electrons. The first-order valence-corrected chi connectivity index (χ1v) is 12.7. The van der Waals surface area contributed by atoms with E-state index in [1.54, 1.807) is 24.3 Å². The molecule has 1 aliphatic carbocycles. The molecule has 36 heavy (non-hydrogen) atoms. The van der Waals surface area contributed by atoms with E-state index in [2.05, 4.69) is 4.98 Å². The van der Waals surface area contributed by atoms with Crippen molar-refractivity contribution in [2.24, 2.45) is 5.73 Å². The predicted molar refractivity (Wildman–Crippen MR) is 141 cm³/mol. The van der Waals surface area contributed by atoms with Crippen LogP contribution in [0, 0.1) is 11.2 Å². The lowest BCUT2D eigenvalue weighted by molar-refractivity contribution is 0.228. The Bertz CT molecular complexity index is 1170. The molecule has 0 amide bonds. The first kappa shape index (κ1) is 25.5. The lowest BCUT2D eigenvalue weighted by atomic mass is 9.87. The number of anilines is 2. The highest BCUT2D eigenvalue weighted by Gasteiger charge is 2.23. The van der Waals surface area contributed by atoms with Crippen LogP contribution < -0.4 is 20.1 Å². The van der Waals surface area contributed by atoms with E-state index in [0.717, 1.165) is 24.2 Å². The standard InChI is InChI=1S/C28H36FN5O2/c1-4-35-23-14-21(26(29)25(15-23)36-18(2)3)17-34(22-12-10-20(11-13-22)27(30)31)28-32-16-24(33-28)19-8-6-5-7-9-19/h10-16,18-19H,4-9,17H2,1-3H3,(H3,30,31)(H,32,33). The number of amidine groups is 1. The Kier molecular flexibility index (Phi) is 8.13. The molecule has 4 rings (SSSR count). The molecule has 0 aliphatic heterocycles. The number of nitrogens with one attached hydrogen (secondary N) is 2. The molecular formula is C28H36FN5O2. The van der Waals surface area contributed by atoms with Crippen molar-refractivity contribution in [3.05, 3.63) is 65.2 Å². The molecule has 0 atom stereocenters. The number of benzene rings is 2. The van der Waals surface area contributed by atoms with Crippen molar-refractivity contribution >= 4 is 17.5 Å². The quantitative estimate of drug-likeness (QED) is 0.224. The van der Waals surface area contributed by atoms with Crippen LogP contribution in [0.3, 0.4) is 0 Å². The summed E-state index contributed by atoms with van der Waals surface area (Å²) in [6, 6.07) is 10.6.